The van der Waals surface area contributed by atoms with Gasteiger partial charge in [0.1, 0.15) is 23.3 Å². The second kappa shape index (κ2) is 17.3. The van der Waals surface area contributed by atoms with Crippen molar-refractivity contribution in [3.63, 3.8) is 0 Å². The number of likely N-dealkylation sites (tertiary alicyclic amines) is 2. The molecule has 2 saturated heterocycles. The summed E-state index contributed by atoms with van der Waals surface area (Å²) in [5.74, 6) is 1.19. The van der Waals surface area contributed by atoms with E-state index in [-0.39, 0.29) is 35.9 Å². The maximum atomic E-state index is 14.0. The second-order valence-corrected chi connectivity index (χ2v) is 17.5. The molecule has 14 heteroatoms. The lowest BCUT2D eigenvalue weighted by atomic mass is 10.0. The van der Waals surface area contributed by atoms with Gasteiger partial charge in [-0.1, -0.05) is 78.9 Å². The van der Waals surface area contributed by atoms with Gasteiger partial charge in [-0.05, 0) is 93.5 Å². The van der Waals surface area contributed by atoms with Crippen molar-refractivity contribution in [2.24, 2.45) is 5.92 Å². The normalized spacial score (nSPS) is 20.7. The quantitative estimate of drug-likeness (QED) is 0.108. The van der Waals surface area contributed by atoms with Gasteiger partial charge < -0.3 is 34.9 Å². The number of alkyl carbamates (subject to hydrolysis) is 1. The molecule has 1 aliphatic carbocycles. The zero-order valence-electron chi connectivity index (χ0n) is 35.1. The number of amides is 4. The lowest BCUT2D eigenvalue weighted by molar-refractivity contribution is -0.137. The molecule has 4 heterocycles. The van der Waals surface area contributed by atoms with Crippen LogP contribution in [-0.4, -0.2) is 95.5 Å². The highest BCUT2D eigenvalue weighted by Crippen LogP contribution is 2.38. The fourth-order valence-electron chi connectivity index (χ4n) is 9.10. The molecule has 14 nitrogen and oxygen atoms in total. The number of nitrogens with zero attached hydrogens (tertiary/aromatic N) is 5. The van der Waals surface area contributed by atoms with Crippen LogP contribution >= 0.6 is 0 Å². The van der Waals surface area contributed by atoms with Crippen molar-refractivity contribution in [2.75, 3.05) is 20.1 Å². The molecule has 5 atom stereocenters. The van der Waals surface area contributed by atoms with Crippen molar-refractivity contribution >= 4 is 24.0 Å². The highest BCUT2D eigenvalue weighted by atomic mass is 16.6. The van der Waals surface area contributed by atoms with Crippen LogP contribution in [0.4, 0.5) is 9.59 Å². The van der Waals surface area contributed by atoms with Crippen LogP contribution in [0.15, 0.2) is 91.3 Å². The van der Waals surface area contributed by atoms with Crippen LogP contribution in [0.5, 0.6) is 0 Å². The van der Waals surface area contributed by atoms with Crippen LogP contribution in [0.3, 0.4) is 0 Å². The van der Waals surface area contributed by atoms with Crippen LogP contribution in [0.1, 0.15) is 101 Å². The number of ether oxygens (including phenoxy) is 1. The number of carbonyl (C=O) groups is 4. The Labute approximate surface area is 355 Å². The van der Waals surface area contributed by atoms with Crippen molar-refractivity contribution in [1.29, 1.82) is 0 Å². The number of nitrogens with one attached hydrogen (secondary N) is 3. The number of likely N-dealkylation sites (N-methyl/N-ethyl adjacent to an activating group) is 1. The summed E-state index contributed by atoms with van der Waals surface area (Å²) in [5, 5.41) is 12.7. The van der Waals surface area contributed by atoms with Gasteiger partial charge in [0.15, 0.2) is 0 Å². The van der Waals surface area contributed by atoms with E-state index in [9.17, 15) is 24.3 Å². The van der Waals surface area contributed by atoms with Gasteiger partial charge in [0.05, 0.1) is 35.9 Å². The standard InChI is InChI=1S/C47H54N8O6/c1-47(2,3)61-45(58)50-35-23-22-34(26-35)43(56)54-24-8-12-38(54)41-48-27-36(51-41)31-18-14-29(15-19-31)30-16-20-32(21-17-30)37-28-49-42(52-37)39-13-9-25-55(39)44(57)40(53(4)46(59)60)33-10-6-5-7-11-33/h5-7,10-11,14-21,27-28,34-35,38-40H,8-9,12-13,22-26H2,1-4H3,(H,48,51)(H,49,52)(H,50,58)(H,59,60)/t34-,35+,38+,39+,40-/m1/s1. The van der Waals surface area contributed by atoms with Gasteiger partial charge in [-0.2, -0.15) is 0 Å². The predicted molar refractivity (Wildman–Crippen MR) is 230 cm³/mol. The lowest BCUT2D eigenvalue weighted by Gasteiger charge is -2.32. The van der Waals surface area contributed by atoms with E-state index in [0.717, 1.165) is 82.9 Å². The minimum Gasteiger partial charge on any atom is -0.465 e. The molecule has 61 heavy (non-hydrogen) atoms. The maximum absolute atomic E-state index is 14.0. The summed E-state index contributed by atoms with van der Waals surface area (Å²) in [6.07, 6.45) is 7.40. The number of carboxylic acid groups (broad SMARTS) is 1. The largest absolute Gasteiger partial charge is 0.465 e. The first-order chi connectivity index (χ1) is 29.3. The molecule has 0 radical (unpaired) electrons. The van der Waals surface area contributed by atoms with Gasteiger partial charge in [0.2, 0.25) is 5.91 Å². The van der Waals surface area contributed by atoms with E-state index in [1.54, 1.807) is 23.2 Å². The summed E-state index contributed by atoms with van der Waals surface area (Å²) >= 11 is 0. The molecule has 0 spiro atoms. The van der Waals surface area contributed by atoms with Crippen molar-refractivity contribution in [3.8, 4) is 33.6 Å². The predicted octanol–water partition coefficient (Wildman–Crippen LogP) is 8.51. The zero-order valence-corrected chi connectivity index (χ0v) is 35.1. The molecule has 2 aromatic heterocycles. The first kappa shape index (κ1) is 41.3. The molecule has 5 aromatic rings. The number of imidazole rings is 2. The molecule has 8 rings (SSSR count). The number of rotatable bonds is 10. The number of carbonyl (C=O) groups excluding carboxylic acids is 3. The Kier molecular flexibility index (Phi) is 11.7. The van der Waals surface area contributed by atoms with Gasteiger partial charge in [-0.3, -0.25) is 14.5 Å². The maximum Gasteiger partial charge on any atom is 0.407 e. The Morgan fingerprint density at radius 3 is 1.82 bits per heavy atom. The van der Waals surface area contributed by atoms with Crippen LogP contribution in [0.25, 0.3) is 33.6 Å². The fraction of sp³-hybridized carbons (Fsp3) is 0.404. The highest BCUT2D eigenvalue weighted by Gasteiger charge is 2.41. The summed E-state index contributed by atoms with van der Waals surface area (Å²) in [4.78, 5) is 73.2. The Morgan fingerprint density at radius 2 is 1.28 bits per heavy atom. The molecule has 0 bridgehead atoms. The van der Waals surface area contributed by atoms with E-state index in [4.69, 9.17) is 14.7 Å². The van der Waals surface area contributed by atoms with Crippen molar-refractivity contribution in [3.05, 3.63) is 108 Å². The molecule has 3 aliphatic rings. The van der Waals surface area contributed by atoms with E-state index in [2.05, 4.69) is 51.7 Å². The van der Waals surface area contributed by atoms with Crippen LogP contribution in [0.2, 0.25) is 0 Å². The van der Waals surface area contributed by atoms with E-state index in [1.807, 2.05) is 62.2 Å². The molecule has 318 valence electrons. The van der Waals surface area contributed by atoms with Crippen molar-refractivity contribution < 1.29 is 29.0 Å². The van der Waals surface area contributed by atoms with Gasteiger partial charge in [-0.15, -0.1) is 0 Å². The summed E-state index contributed by atoms with van der Waals surface area (Å²) in [7, 11) is 1.43. The van der Waals surface area contributed by atoms with E-state index < -0.39 is 23.8 Å². The summed E-state index contributed by atoms with van der Waals surface area (Å²) in [6, 6.07) is 24.1. The average Bonchev–Trinajstić information content (AvgIpc) is 4.10. The molecule has 1 saturated carbocycles. The monoisotopic (exact) mass is 826 g/mol. The van der Waals surface area contributed by atoms with Crippen molar-refractivity contribution in [2.45, 2.75) is 95.5 Å². The van der Waals surface area contributed by atoms with Crippen molar-refractivity contribution in [1.82, 2.24) is 40.0 Å². The zero-order chi connectivity index (χ0) is 42.8. The van der Waals surface area contributed by atoms with E-state index in [0.29, 0.717) is 30.9 Å². The van der Waals surface area contributed by atoms with Crippen LogP contribution in [0, 0.1) is 5.92 Å². The molecule has 3 aromatic carbocycles. The Bertz CT molecular complexity index is 2350. The molecule has 0 unspecified atom stereocenters. The number of hydrogen-bond acceptors (Lipinski definition) is 7. The van der Waals surface area contributed by atoms with Crippen LogP contribution in [-0.2, 0) is 14.3 Å². The minimum absolute atomic E-state index is 0.0735. The number of hydrogen-bond donors (Lipinski definition) is 4. The van der Waals surface area contributed by atoms with Gasteiger partial charge in [0.25, 0.3) is 5.91 Å². The molecule has 2 aliphatic heterocycles. The number of benzene rings is 3. The first-order valence-corrected chi connectivity index (χ1v) is 21.2. The number of aromatic nitrogens is 4. The molecule has 4 amide bonds. The average molecular weight is 827 g/mol. The third-order valence-electron chi connectivity index (χ3n) is 12.2. The van der Waals surface area contributed by atoms with E-state index >= 15 is 0 Å². The third-order valence-corrected chi connectivity index (χ3v) is 12.2. The minimum atomic E-state index is -1.17. The van der Waals surface area contributed by atoms with Gasteiger partial charge in [-0.25, -0.2) is 19.6 Å². The number of aromatic amines is 2. The van der Waals surface area contributed by atoms with Gasteiger partial charge in [0, 0.05) is 32.1 Å². The Balaban J connectivity index is 0.890. The third kappa shape index (κ3) is 9.03. The smallest absolute Gasteiger partial charge is 0.407 e. The SMILES string of the molecule is CN(C(=O)O)[C@@H](C(=O)N1CCC[C@H]1c1ncc(-c2ccc(-c3ccc(-c4cnc([C@@H]5CCCN5C(=O)[C@@H]5CC[C@H](NC(=O)OC(C)(C)C)C5)[nH]4)cc3)cc2)[nH]1)c1ccccc1. The highest BCUT2D eigenvalue weighted by molar-refractivity contribution is 5.87. The van der Waals surface area contributed by atoms with Crippen LogP contribution < -0.4 is 5.32 Å². The Morgan fingerprint density at radius 1 is 0.754 bits per heavy atom. The number of H-pyrrole nitrogens is 2. The summed E-state index contributed by atoms with van der Waals surface area (Å²) < 4.78 is 5.42. The van der Waals surface area contributed by atoms with E-state index in [1.165, 1.54) is 7.05 Å². The Hall–Kier alpha value is -6.44. The second-order valence-electron chi connectivity index (χ2n) is 17.5. The summed E-state index contributed by atoms with van der Waals surface area (Å²) in [6.45, 7) is 6.73. The first-order valence-electron chi connectivity index (χ1n) is 21.2. The topological polar surface area (TPSA) is 177 Å². The van der Waals surface area contributed by atoms with Gasteiger partial charge >= 0.3 is 12.2 Å². The molecular formula is C47H54N8O6. The fourth-order valence-corrected chi connectivity index (χ4v) is 9.10. The lowest BCUT2D eigenvalue weighted by Crippen LogP contribution is -2.43. The molecule has 3 fully saturated rings. The molecule has 4 N–H and O–H groups in total. The molecular weight excluding hydrogens is 773 g/mol. The summed E-state index contributed by atoms with van der Waals surface area (Å²) in [5.41, 5.74) is 5.84.